The van der Waals surface area contributed by atoms with E-state index in [0.29, 0.717) is 25.2 Å². The van der Waals surface area contributed by atoms with Crippen molar-refractivity contribution in [3.63, 3.8) is 0 Å². The lowest BCUT2D eigenvalue weighted by Crippen LogP contribution is -2.45. The molecule has 1 aliphatic heterocycles. The van der Waals surface area contributed by atoms with Crippen LogP contribution in [-0.2, 0) is 9.53 Å². The van der Waals surface area contributed by atoms with Gasteiger partial charge in [0.2, 0.25) is 5.91 Å². The molecule has 0 bridgehead atoms. The Kier molecular flexibility index (Phi) is 8.20. The van der Waals surface area contributed by atoms with Gasteiger partial charge in [0.15, 0.2) is 5.96 Å². The molecule has 0 aromatic carbocycles. The third-order valence-corrected chi connectivity index (χ3v) is 3.69. The van der Waals surface area contributed by atoms with E-state index in [1.165, 1.54) is 19.3 Å². The molecule has 0 atom stereocenters. The predicted molar refractivity (Wildman–Crippen MR) is 89.3 cm³/mol. The molecular formula is C13H25IN4O2. The highest BCUT2D eigenvalue weighted by molar-refractivity contribution is 14.0. The zero-order valence-electron chi connectivity index (χ0n) is 11.8. The highest BCUT2D eigenvalue weighted by atomic mass is 127. The number of carbonyl (C=O) groups excluding carboxylic acids is 1. The first-order valence-corrected chi connectivity index (χ1v) is 7.17. The topological polar surface area (TPSA) is 79.9 Å². The normalized spacial score (nSPS) is 21.2. The van der Waals surface area contributed by atoms with Crippen LogP contribution in [0.15, 0.2) is 4.99 Å². The molecule has 7 heteroatoms. The summed E-state index contributed by atoms with van der Waals surface area (Å²) in [5, 5.41) is 3.03. The zero-order chi connectivity index (χ0) is 13.5. The number of rotatable bonds is 3. The van der Waals surface area contributed by atoms with E-state index in [9.17, 15) is 4.79 Å². The molecule has 0 spiro atoms. The van der Waals surface area contributed by atoms with Crippen molar-refractivity contribution in [2.75, 3.05) is 32.8 Å². The quantitative estimate of drug-likeness (QED) is 0.418. The van der Waals surface area contributed by atoms with E-state index in [4.69, 9.17) is 10.5 Å². The molecule has 0 radical (unpaired) electrons. The van der Waals surface area contributed by atoms with Gasteiger partial charge >= 0.3 is 0 Å². The van der Waals surface area contributed by atoms with Gasteiger partial charge in [-0.15, -0.1) is 24.0 Å². The minimum atomic E-state index is -0.0249. The monoisotopic (exact) mass is 396 g/mol. The Morgan fingerprint density at radius 1 is 1.25 bits per heavy atom. The van der Waals surface area contributed by atoms with Crippen LogP contribution in [0.4, 0.5) is 0 Å². The molecule has 0 aromatic heterocycles. The van der Waals surface area contributed by atoms with Gasteiger partial charge in [-0.2, -0.15) is 0 Å². The third-order valence-electron chi connectivity index (χ3n) is 3.69. The maximum Gasteiger partial charge on any atom is 0.242 e. The molecule has 20 heavy (non-hydrogen) atoms. The number of hydrogen-bond donors (Lipinski definition) is 2. The van der Waals surface area contributed by atoms with Crippen LogP contribution in [0.2, 0.25) is 0 Å². The Hall–Kier alpha value is -0.570. The average Bonchev–Trinajstić information content (AvgIpc) is 2.47. The molecule has 2 fully saturated rings. The summed E-state index contributed by atoms with van der Waals surface area (Å²) in [6.45, 7) is 2.97. The van der Waals surface area contributed by atoms with E-state index in [1.54, 1.807) is 0 Å². The maximum absolute atomic E-state index is 11.8. The average molecular weight is 396 g/mol. The maximum atomic E-state index is 11.8. The second kappa shape index (κ2) is 9.38. The van der Waals surface area contributed by atoms with Crippen LogP contribution in [-0.4, -0.2) is 55.7 Å². The fraction of sp³-hybridized carbons (Fsp3) is 0.846. The number of amides is 1. The first-order valence-electron chi connectivity index (χ1n) is 7.17. The molecule has 116 valence electrons. The highest BCUT2D eigenvalue weighted by Crippen LogP contribution is 2.17. The van der Waals surface area contributed by atoms with Crippen molar-refractivity contribution in [1.29, 1.82) is 0 Å². The fourth-order valence-corrected chi connectivity index (χ4v) is 2.57. The molecule has 2 aliphatic rings. The van der Waals surface area contributed by atoms with Crippen molar-refractivity contribution < 1.29 is 9.53 Å². The lowest BCUT2D eigenvalue weighted by molar-refractivity contribution is -0.120. The summed E-state index contributed by atoms with van der Waals surface area (Å²) in [5.41, 5.74) is 5.87. The Morgan fingerprint density at radius 2 is 1.90 bits per heavy atom. The fourth-order valence-electron chi connectivity index (χ4n) is 2.57. The predicted octanol–water partition coefficient (Wildman–Crippen LogP) is 0.700. The molecular weight excluding hydrogens is 371 g/mol. The van der Waals surface area contributed by atoms with Crippen molar-refractivity contribution >= 4 is 35.8 Å². The minimum absolute atomic E-state index is 0. The van der Waals surface area contributed by atoms with Crippen molar-refractivity contribution in [3.8, 4) is 0 Å². The number of nitrogens with zero attached hydrogens (tertiary/aromatic N) is 2. The minimum Gasteiger partial charge on any atom is -0.378 e. The summed E-state index contributed by atoms with van der Waals surface area (Å²) in [6.07, 6.45) is 5.89. The number of ether oxygens (including phenoxy) is 1. The first kappa shape index (κ1) is 17.5. The summed E-state index contributed by atoms with van der Waals surface area (Å²) < 4.78 is 5.24. The van der Waals surface area contributed by atoms with Crippen LogP contribution in [0.25, 0.3) is 0 Å². The Labute approximate surface area is 137 Å². The summed E-state index contributed by atoms with van der Waals surface area (Å²) in [5.74, 6) is 0.421. The van der Waals surface area contributed by atoms with Gasteiger partial charge in [-0.3, -0.25) is 4.79 Å². The van der Waals surface area contributed by atoms with E-state index in [1.807, 2.05) is 4.90 Å². The molecule has 1 heterocycles. The number of halogens is 1. The van der Waals surface area contributed by atoms with Gasteiger partial charge in [-0.05, 0) is 12.8 Å². The number of nitrogens with two attached hydrogens (primary N) is 1. The standard InChI is InChI=1S/C13H24N4O2.HI/c14-13(17-6-8-19-9-7-17)15-10-12(18)16-11-4-2-1-3-5-11;/h11H,1-10H2,(H2,14,15)(H,16,18);1H. The van der Waals surface area contributed by atoms with Gasteiger partial charge in [-0.1, -0.05) is 19.3 Å². The van der Waals surface area contributed by atoms with E-state index < -0.39 is 0 Å². The molecule has 2 rings (SSSR count). The van der Waals surface area contributed by atoms with Gasteiger partial charge in [0, 0.05) is 19.1 Å². The van der Waals surface area contributed by atoms with Gasteiger partial charge in [0.25, 0.3) is 0 Å². The first-order chi connectivity index (χ1) is 9.25. The number of guanidine groups is 1. The third kappa shape index (κ3) is 5.82. The van der Waals surface area contributed by atoms with Crippen LogP contribution < -0.4 is 11.1 Å². The largest absolute Gasteiger partial charge is 0.378 e. The van der Waals surface area contributed by atoms with Crippen molar-refractivity contribution in [1.82, 2.24) is 10.2 Å². The number of aliphatic imine (C=N–C) groups is 1. The molecule has 3 N–H and O–H groups in total. The van der Waals surface area contributed by atoms with Gasteiger partial charge in [0.05, 0.1) is 13.2 Å². The van der Waals surface area contributed by atoms with E-state index >= 15 is 0 Å². The van der Waals surface area contributed by atoms with Crippen LogP contribution in [0.1, 0.15) is 32.1 Å². The summed E-state index contributed by atoms with van der Waals surface area (Å²) >= 11 is 0. The SMILES string of the molecule is I.NC(=NCC(=O)NC1CCCCC1)N1CCOCC1. The number of morpholine rings is 1. The van der Waals surface area contributed by atoms with E-state index in [0.717, 1.165) is 25.9 Å². The summed E-state index contributed by atoms with van der Waals surface area (Å²) in [6, 6.07) is 0.334. The zero-order valence-corrected chi connectivity index (χ0v) is 14.2. The van der Waals surface area contributed by atoms with Crippen LogP contribution in [0, 0.1) is 0 Å². The molecule has 1 saturated heterocycles. The molecule has 1 aliphatic carbocycles. The van der Waals surface area contributed by atoms with Crippen molar-refractivity contribution in [3.05, 3.63) is 0 Å². The van der Waals surface area contributed by atoms with Crippen LogP contribution in [0.3, 0.4) is 0 Å². The van der Waals surface area contributed by atoms with Gasteiger partial charge in [0.1, 0.15) is 6.54 Å². The molecule has 0 unspecified atom stereocenters. The van der Waals surface area contributed by atoms with Crippen LogP contribution in [0.5, 0.6) is 0 Å². The smallest absolute Gasteiger partial charge is 0.242 e. The highest BCUT2D eigenvalue weighted by Gasteiger charge is 2.16. The van der Waals surface area contributed by atoms with Crippen LogP contribution >= 0.6 is 24.0 Å². The molecule has 6 nitrogen and oxygen atoms in total. The molecule has 1 amide bonds. The Balaban J connectivity index is 0.00000200. The Bertz CT molecular complexity index is 326. The van der Waals surface area contributed by atoms with Crippen molar-refractivity contribution in [2.45, 2.75) is 38.1 Å². The van der Waals surface area contributed by atoms with Gasteiger partial charge < -0.3 is 20.7 Å². The summed E-state index contributed by atoms with van der Waals surface area (Å²) in [7, 11) is 0. The number of nitrogens with one attached hydrogen (secondary N) is 1. The summed E-state index contributed by atoms with van der Waals surface area (Å²) in [4.78, 5) is 17.9. The Morgan fingerprint density at radius 3 is 2.55 bits per heavy atom. The second-order valence-electron chi connectivity index (χ2n) is 5.18. The lowest BCUT2D eigenvalue weighted by atomic mass is 9.95. The molecule has 1 saturated carbocycles. The number of carbonyl (C=O) groups is 1. The number of hydrogen-bond acceptors (Lipinski definition) is 3. The van der Waals surface area contributed by atoms with E-state index in [2.05, 4.69) is 10.3 Å². The second-order valence-corrected chi connectivity index (χ2v) is 5.18. The lowest BCUT2D eigenvalue weighted by Gasteiger charge is -2.27. The van der Waals surface area contributed by atoms with E-state index in [-0.39, 0.29) is 36.4 Å². The van der Waals surface area contributed by atoms with Gasteiger partial charge in [-0.25, -0.2) is 4.99 Å². The molecule has 0 aromatic rings. The van der Waals surface area contributed by atoms with Crippen molar-refractivity contribution in [2.24, 2.45) is 10.7 Å².